The Morgan fingerprint density at radius 1 is 1.11 bits per heavy atom. The highest BCUT2D eigenvalue weighted by atomic mass is 16.3. The molecule has 6 nitrogen and oxygen atoms in total. The minimum Gasteiger partial charge on any atom is -0.461 e. The number of likely N-dealkylation sites (tertiary alicyclic amines) is 1. The number of hydrogen-bond acceptors (Lipinski definition) is 5. The molecule has 1 unspecified atom stereocenters. The van der Waals surface area contributed by atoms with Gasteiger partial charge in [0.25, 0.3) is 5.56 Å². The van der Waals surface area contributed by atoms with Crippen LogP contribution in [0.2, 0.25) is 0 Å². The molecule has 1 aliphatic heterocycles. The van der Waals surface area contributed by atoms with E-state index in [1.165, 1.54) is 0 Å². The van der Waals surface area contributed by atoms with Crippen LogP contribution in [0.3, 0.4) is 0 Å². The highest BCUT2D eigenvalue weighted by Gasteiger charge is 2.28. The van der Waals surface area contributed by atoms with Gasteiger partial charge < -0.3 is 4.42 Å². The Labute approximate surface area is 162 Å². The van der Waals surface area contributed by atoms with Crippen LogP contribution in [0.4, 0.5) is 0 Å². The van der Waals surface area contributed by atoms with E-state index in [-0.39, 0.29) is 11.6 Å². The van der Waals surface area contributed by atoms with E-state index in [0.717, 1.165) is 24.9 Å². The Hall–Kier alpha value is -3.25. The smallest absolute Gasteiger partial charge is 0.267 e. The molecule has 0 aliphatic carbocycles. The molecule has 0 N–H and O–H groups in total. The topological polar surface area (TPSA) is 64.2 Å². The van der Waals surface area contributed by atoms with Crippen molar-refractivity contribution in [3.63, 3.8) is 0 Å². The summed E-state index contributed by atoms with van der Waals surface area (Å²) in [4.78, 5) is 25.2. The third-order valence-corrected chi connectivity index (χ3v) is 5.43. The zero-order valence-corrected chi connectivity index (χ0v) is 15.6. The van der Waals surface area contributed by atoms with Gasteiger partial charge in [0, 0.05) is 17.8 Å². The average Bonchev–Trinajstić information content (AvgIpc) is 3.40. The fourth-order valence-electron chi connectivity index (χ4n) is 4.06. The van der Waals surface area contributed by atoms with E-state index < -0.39 is 0 Å². The maximum Gasteiger partial charge on any atom is 0.267 e. The third-order valence-electron chi connectivity index (χ3n) is 5.43. The van der Waals surface area contributed by atoms with Crippen LogP contribution >= 0.6 is 0 Å². The lowest BCUT2D eigenvalue weighted by atomic mass is 10.1. The lowest BCUT2D eigenvalue weighted by molar-refractivity contribution is 0.316. The van der Waals surface area contributed by atoms with Gasteiger partial charge in [-0.3, -0.25) is 9.69 Å². The van der Waals surface area contributed by atoms with Crippen molar-refractivity contribution < 1.29 is 4.42 Å². The lowest BCUT2D eigenvalue weighted by Gasteiger charge is -2.23. The number of nitrogens with zero attached hydrogens (tertiary/aromatic N) is 4. The molecule has 5 rings (SSSR count). The molecule has 1 atom stereocenters. The number of pyridine rings is 1. The molecule has 1 aliphatic rings. The molecular formula is C22H20N4O2. The maximum absolute atomic E-state index is 13.5. The molecule has 0 saturated carbocycles. The highest BCUT2D eigenvalue weighted by molar-refractivity contribution is 5.80. The van der Waals surface area contributed by atoms with Gasteiger partial charge in [-0.1, -0.05) is 18.2 Å². The van der Waals surface area contributed by atoms with E-state index in [1.54, 1.807) is 29.2 Å². The molecule has 1 aromatic carbocycles. The highest BCUT2D eigenvalue weighted by Crippen LogP contribution is 2.34. The predicted molar refractivity (Wildman–Crippen MR) is 107 cm³/mol. The van der Waals surface area contributed by atoms with Gasteiger partial charge in [0.05, 0.1) is 17.2 Å². The molecule has 0 radical (unpaired) electrons. The first kappa shape index (κ1) is 16.9. The monoisotopic (exact) mass is 372 g/mol. The van der Waals surface area contributed by atoms with E-state index >= 15 is 0 Å². The number of hydrogen-bond donors (Lipinski definition) is 0. The van der Waals surface area contributed by atoms with Crippen molar-refractivity contribution in [1.82, 2.24) is 19.4 Å². The number of furan rings is 1. The second-order valence-electron chi connectivity index (χ2n) is 7.13. The molecule has 4 aromatic rings. The summed E-state index contributed by atoms with van der Waals surface area (Å²) < 4.78 is 7.21. The fourth-order valence-corrected chi connectivity index (χ4v) is 4.06. The molecule has 0 amide bonds. The van der Waals surface area contributed by atoms with Crippen molar-refractivity contribution in [3.8, 4) is 17.4 Å². The van der Waals surface area contributed by atoms with Crippen LogP contribution < -0.4 is 5.56 Å². The standard InChI is InChI=1S/C22H20N4O2/c1-25-13-5-10-18(25)16-8-4-12-23-20(16)26-21(19-11-6-14-28-19)24-17-9-3-2-7-15(17)22(26)27/h2-4,6-9,11-12,14,18H,5,10,13H2,1H3. The summed E-state index contributed by atoms with van der Waals surface area (Å²) in [5.74, 6) is 1.63. The minimum absolute atomic E-state index is 0.141. The summed E-state index contributed by atoms with van der Waals surface area (Å²) in [5, 5.41) is 0.564. The third kappa shape index (κ3) is 2.65. The zero-order valence-electron chi connectivity index (χ0n) is 15.6. The zero-order chi connectivity index (χ0) is 19.1. The van der Waals surface area contributed by atoms with Crippen LogP contribution in [-0.2, 0) is 0 Å². The van der Waals surface area contributed by atoms with Crippen LogP contribution in [-0.4, -0.2) is 33.0 Å². The van der Waals surface area contributed by atoms with Crippen molar-refractivity contribution in [2.24, 2.45) is 0 Å². The van der Waals surface area contributed by atoms with E-state index in [0.29, 0.717) is 28.3 Å². The number of fused-ring (bicyclic) bond motifs is 1. The first-order chi connectivity index (χ1) is 13.7. The summed E-state index contributed by atoms with van der Waals surface area (Å²) in [7, 11) is 2.11. The molecule has 0 spiro atoms. The quantitative estimate of drug-likeness (QED) is 0.547. The summed E-state index contributed by atoms with van der Waals surface area (Å²) in [6, 6.07) is 15.2. The Kier molecular flexibility index (Phi) is 4.06. The van der Waals surface area contributed by atoms with Gasteiger partial charge in [-0.25, -0.2) is 14.5 Å². The Bertz CT molecular complexity index is 1200. The molecular weight excluding hydrogens is 352 g/mol. The maximum atomic E-state index is 13.5. The molecule has 140 valence electrons. The Morgan fingerprint density at radius 3 is 2.79 bits per heavy atom. The molecule has 0 bridgehead atoms. The molecule has 6 heteroatoms. The summed E-state index contributed by atoms with van der Waals surface area (Å²) in [5.41, 5.74) is 1.54. The van der Waals surface area contributed by atoms with Gasteiger partial charge in [-0.2, -0.15) is 0 Å². The van der Waals surface area contributed by atoms with Crippen LogP contribution in [0.1, 0.15) is 24.4 Å². The van der Waals surface area contributed by atoms with Gasteiger partial charge in [0.1, 0.15) is 5.82 Å². The van der Waals surface area contributed by atoms with Crippen molar-refractivity contribution in [1.29, 1.82) is 0 Å². The van der Waals surface area contributed by atoms with Gasteiger partial charge in [0.2, 0.25) is 0 Å². The molecule has 1 saturated heterocycles. The van der Waals surface area contributed by atoms with Gasteiger partial charge in [-0.05, 0) is 56.8 Å². The first-order valence-electron chi connectivity index (χ1n) is 9.45. The lowest BCUT2D eigenvalue weighted by Crippen LogP contribution is -2.26. The first-order valence-corrected chi connectivity index (χ1v) is 9.45. The molecule has 3 aromatic heterocycles. The van der Waals surface area contributed by atoms with Crippen LogP contribution in [0.15, 0.2) is 70.2 Å². The van der Waals surface area contributed by atoms with Gasteiger partial charge in [-0.15, -0.1) is 0 Å². The number of aromatic nitrogens is 3. The van der Waals surface area contributed by atoms with Crippen LogP contribution in [0.5, 0.6) is 0 Å². The van der Waals surface area contributed by atoms with E-state index in [4.69, 9.17) is 9.40 Å². The number of rotatable bonds is 3. The Balaban J connectivity index is 1.84. The Morgan fingerprint density at radius 2 is 2.00 bits per heavy atom. The average molecular weight is 372 g/mol. The van der Waals surface area contributed by atoms with Gasteiger partial charge >= 0.3 is 0 Å². The molecule has 1 fully saturated rings. The summed E-state index contributed by atoms with van der Waals surface area (Å²) >= 11 is 0. The number of benzene rings is 1. The predicted octanol–water partition coefficient (Wildman–Crippen LogP) is 3.81. The van der Waals surface area contributed by atoms with Gasteiger partial charge in [0.15, 0.2) is 11.6 Å². The normalized spacial score (nSPS) is 17.4. The summed E-state index contributed by atoms with van der Waals surface area (Å²) in [6.07, 6.45) is 5.49. The number of para-hydroxylation sites is 1. The SMILES string of the molecule is CN1CCCC1c1cccnc1-n1c(-c2ccco2)nc2ccccc2c1=O. The van der Waals surface area contributed by atoms with Crippen molar-refractivity contribution in [3.05, 3.63) is 76.9 Å². The second kappa shape index (κ2) is 6.73. The largest absolute Gasteiger partial charge is 0.461 e. The summed E-state index contributed by atoms with van der Waals surface area (Å²) in [6.45, 7) is 1.04. The van der Waals surface area contributed by atoms with Crippen LogP contribution in [0, 0.1) is 0 Å². The van der Waals surface area contributed by atoms with Crippen molar-refractivity contribution in [2.45, 2.75) is 18.9 Å². The second-order valence-corrected chi connectivity index (χ2v) is 7.13. The molecule has 4 heterocycles. The van der Waals surface area contributed by atoms with Crippen molar-refractivity contribution >= 4 is 10.9 Å². The fraction of sp³-hybridized carbons (Fsp3) is 0.227. The van der Waals surface area contributed by atoms with E-state index in [1.807, 2.05) is 30.3 Å². The van der Waals surface area contributed by atoms with Crippen molar-refractivity contribution in [2.75, 3.05) is 13.6 Å². The molecule has 28 heavy (non-hydrogen) atoms. The van der Waals surface area contributed by atoms with Crippen LogP contribution in [0.25, 0.3) is 28.3 Å². The van der Waals surface area contributed by atoms with E-state index in [2.05, 4.69) is 23.0 Å². The van der Waals surface area contributed by atoms with E-state index in [9.17, 15) is 4.79 Å². The minimum atomic E-state index is -0.141.